The lowest BCUT2D eigenvalue weighted by atomic mass is 9.88. The van der Waals surface area contributed by atoms with Gasteiger partial charge in [-0.05, 0) is 44.2 Å². The lowest BCUT2D eigenvalue weighted by Crippen LogP contribution is -2.30. The molecule has 1 saturated heterocycles. The van der Waals surface area contributed by atoms with E-state index >= 15 is 0 Å². The van der Waals surface area contributed by atoms with Crippen molar-refractivity contribution in [2.45, 2.75) is 44.9 Å². The van der Waals surface area contributed by atoms with Crippen LogP contribution in [0.2, 0.25) is 0 Å². The molecule has 0 radical (unpaired) electrons. The molecule has 1 heterocycles. The summed E-state index contributed by atoms with van der Waals surface area (Å²) in [5.41, 5.74) is 0. The molecule has 0 aromatic heterocycles. The number of hydrogen-bond acceptors (Lipinski definition) is 1. The van der Waals surface area contributed by atoms with E-state index in [0.29, 0.717) is 0 Å². The summed E-state index contributed by atoms with van der Waals surface area (Å²) in [6.07, 6.45) is 10.5. The molecule has 1 unspecified atom stereocenters. The highest BCUT2D eigenvalue weighted by Crippen LogP contribution is 2.31. The molecule has 1 atom stereocenters. The van der Waals surface area contributed by atoms with Crippen molar-refractivity contribution in [1.29, 1.82) is 0 Å². The average Bonchev–Trinajstić information content (AvgIpc) is 2.59. The van der Waals surface area contributed by atoms with Crippen LogP contribution in [-0.2, 0) is 0 Å². The zero-order valence-electron chi connectivity index (χ0n) is 8.02. The Balaban J connectivity index is 1.69. The van der Waals surface area contributed by atoms with Crippen molar-refractivity contribution < 1.29 is 0 Å². The average molecular weight is 167 g/mol. The predicted molar refractivity (Wildman–Crippen MR) is 52.2 cm³/mol. The highest BCUT2D eigenvalue weighted by molar-refractivity contribution is 4.75. The van der Waals surface area contributed by atoms with Crippen LogP contribution in [0.4, 0.5) is 0 Å². The van der Waals surface area contributed by atoms with E-state index in [1.54, 1.807) is 0 Å². The van der Waals surface area contributed by atoms with E-state index in [4.69, 9.17) is 0 Å². The Hall–Kier alpha value is -0.0400. The molecule has 0 spiro atoms. The standard InChI is InChI=1S/C11H21N/c1-2-5-10(4-1)8-11-6-3-7-12-9-11/h10-12H,1-9H2. The van der Waals surface area contributed by atoms with Gasteiger partial charge in [-0.15, -0.1) is 0 Å². The summed E-state index contributed by atoms with van der Waals surface area (Å²) >= 11 is 0. The highest BCUT2D eigenvalue weighted by Gasteiger charge is 2.21. The normalized spacial score (nSPS) is 32.5. The quantitative estimate of drug-likeness (QED) is 0.666. The van der Waals surface area contributed by atoms with E-state index in [1.165, 1.54) is 58.0 Å². The van der Waals surface area contributed by atoms with Crippen LogP contribution in [0, 0.1) is 11.8 Å². The van der Waals surface area contributed by atoms with Gasteiger partial charge < -0.3 is 5.32 Å². The van der Waals surface area contributed by atoms with Crippen LogP contribution in [0.15, 0.2) is 0 Å². The minimum absolute atomic E-state index is 1.02. The Morgan fingerprint density at radius 1 is 0.917 bits per heavy atom. The minimum Gasteiger partial charge on any atom is -0.316 e. The van der Waals surface area contributed by atoms with Crippen LogP contribution in [0.1, 0.15) is 44.9 Å². The summed E-state index contributed by atoms with van der Waals surface area (Å²) in [5, 5.41) is 3.51. The third-order valence-electron chi connectivity index (χ3n) is 3.54. The second kappa shape index (κ2) is 4.27. The van der Waals surface area contributed by atoms with Crippen LogP contribution < -0.4 is 5.32 Å². The number of nitrogens with one attached hydrogen (secondary N) is 1. The fourth-order valence-electron chi connectivity index (χ4n) is 2.84. The third kappa shape index (κ3) is 2.22. The Kier molecular flexibility index (Phi) is 3.04. The molecule has 1 N–H and O–H groups in total. The van der Waals surface area contributed by atoms with Gasteiger partial charge in [-0.25, -0.2) is 0 Å². The fraction of sp³-hybridized carbons (Fsp3) is 1.00. The summed E-state index contributed by atoms with van der Waals surface area (Å²) in [6.45, 7) is 2.57. The van der Waals surface area contributed by atoms with E-state index in [2.05, 4.69) is 5.32 Å². The fourth-order valence-corrected chi connectivity index (χ4v) is 2.84. The number of hydrogen-bond donors (Lipinski definition) is 1. The van der Waals surface area contributed by atoms with Crippen LogP contribution in [0.5, 0.6) is 0 Å². The molecule has 1 aliphatic carbocycles. The predicted octanol–water partition coefficient (Wildman–Crippen LogP) is 2.57. The van der Waals surface area contributed by atoms with Gasteiger partial charge in [-0.3, -0.25) is 0 Å². The molecule has 12 heavy (non-hydrogen) atoms. The largest absolute Gasteiger partial charge is 0.316 e. The first-order valence-electron chi connectivity index (χ1n) is 5.66. The van der Waals surface area contributed by atoms with Gasteiger partial charge in [0.05, 0.1) is 0 Å². The summed E-state index contributed by atoms with van der Waals surface area (Å²) in [6, 6.07) is 0. The Labute approximate surface area is 75.9 Å². The summed E-state index contributed by atoms with van der Waals surface area (Å²) in [5.74, 6) is 2.11. The molecule has 0 aromatic rings. The molecule has 0 amide bonds. The van der Waals surface area contributed by atoms with Gasteiger partial charge in [0.1, 0.15) is 0 Å². The first-order chi connectivity index (χ1) is 5.95. The third-order valence-corrected chi connectivity index (χ3v) is 3.54. The van der Waals surface area contributed by atoms with Gasteiger partial charge >= 0.3 is 0 Å². The SMILES string of the molecule is C1CCC(CC2CCCNC2)C1. The van der Waals surface area contributed by atoms with E-state index in [1.807, 2.05) is 0 Å². The molecule has 2 aliphatic rings. The molecule has 2 fully saturated rings. The van der Waals surface area contributed by atoms with Crippen molar-refractivity contribution in [2.24, 2.45) is 11.8 Å². The molecule has 1 nitrogen and oxygen atoms in total. The lowest BCUT2D eigenvalue weighted by molar-refractivity contribution is 0.304. The number of piperidine rings is 1. The van der Waals surface area contributed by atoms with Crippen LogP contribution in [0.3, 0.4) is 0 Å². The molecule has 0 aromatic carbocycles. The first-order valence-corrected chi connectivity index (χ1v) is 5.66. The van der Waals surface area contributed by atoms with Gasteiger partial charge in [-0.2, -0.15) is 0 Å². The Morgan fingerprint density at radius 2 is 1.67 bits per heavy atom. The summed E-state index contributed by atoms with van der Waals surface area (Å²) < 4.78 is 0. The van der Waals surface area contributed by atoms with Gasteiger partial charge in [-0.1, -0.05) is 25.7 Å². The maximum Gasteiger partial charge on any atom is -0.00204 e. The van der Waals surface area contributed by atoms with Gasteiger partial charge in [0.15, 0.2) is 0 Å². The maximum atomic E-state index is 3.51. The number of rotatable bonds is 2. The monoisotopic (exact) mass is 167 g/mol. The Morgan fingerprint density at radius 3 is 2.33 bits per heavy atom. The smallest absolute Gasteiger partial charge is 0.00204 e. The summed E-state index contributed by atoms with van der Waals surface area (Å²) in [7, 11) is 0. The minimum atomic E-state index is 1.02. The first kappa shape index (κ1) is 8.55. The lowest BCUT2D eigenvalue weighted by Gasteiger charge is -2.25. The van der Waals surface area contributed by atoms with E-state index < -0.39 is 0 Å². The van der Waals surface area contributed by atoms with Crippen molar-refractivity contribution in [2.75, 3.05) is 13.1 Å². The van der Waals surface area contributed by atoms with Crippen molar-refractivity contribution >= 4 is 0 Å². The molecular formula is C11H21N. The molecule has 70 valence electrons. The molecular weight excluding hydrogens is 146 g/mol. The van der Waals surface area contributed by atoms with Crippen molar-refractivity contribution in [3.05, 3.63) is 0 Å². The van der Waals surface area contributed by atoms with Crippen LogP contribution in [0.25, 0.3) is 0 Å². The second-order valence-electron chi connectivity index (χ2n) is 4.60. The van der Waals surface area contributed by atoms with Gasteiger partial charge in [0.2, 0.25) is 0 Å². The van der Waals surface area contributed by atoms with Gasteiger partial charge in [0.25, 0.3) is 0 Å². The van der Waals surface area contributed by atoms with Crippen molar-refractivity contribution in [3.8, 4) is 0 Å². The summed E-state index contributed by atoms with van der Waals surface area (Å²) in [4.78, 5) is 0. The molecule has 1 saturated carbocycles. The van der Waals surface area contributed by atoms with Crippen molar-refractivity contribution in [1.82, 2.24) is 5.32 Å². The van der Waals surface area contributed by atoms with E-state index in [0.717, 1.165) is 11.8 Å². The maximum absolute atomic E-state index is 3.51. The van der Waals surface area contributed by atoms with Gasteiger partial charge in [0, 0.05) is 0 Å². The molecule has 1 aliphatic heterocycles. The molecule has 1 heteroatoms. The molecule has 0 bridgehead atoms. The highest BCUT2D eigenvalue weighted by atomic mass is 14.9. The van der Waals surface area contributed by atoms with Crippen LogP contribution >= 0.6 is 0 Å². The zero-order valence-corrected chi connectivity index (χ0v) is 8.02. The van der Waals surface area contributed by atoms with Crippen molar-refractivity contribution in [3.63, 3.8) is 0 Å². The zero-order chi connectivity index (χ0) is 8.23. The van der Waals surface area contributed by atoms with Crippen LogP contribution in [-0.4, -0.2) is 13.1 Å². The molecule has 2 rings (SSSR count). The topological polar surface area (TPSA) is 12.0 Å². The second-order valence-corrected chi connectivity index (χ2v) is 4.60. The van der Waals surface area contributed by atoms with E-state index in [-0.39, 0.29) is 0 Å². The van der Waals surface area contributed by atoms with E-state index in [9.17, 15) is 0 Å². The Bertz CT molecular complexity index is 121.